The van der Waals surface area contributed by atoms with E-state index < -0.39 is 6.10 Å². The Labute approximate surface area is 108 Å². The minimum atomic E-state index is -0.446. The van der Waals surface area contributed by atoms with Gasteiger partial charge < -0.3 is 14.7 Å². The maximum Gasteiger partial charge on any atom is 0.162 e. The first-order valence-electron chi connectivity index (χ1n) is 6.56. The van der Waals surface area contributed by atoms with Gasteiger partial charge in [0.25, 0.3) is 0 Å². The van der Waals surface area contributed by atoms with E-state index in [1.807, 2.05) is 18.8 Å². The van der Waals surface area contributed by atoms with Gasteiger partial charge in [0.05, 0.1) is 19.9 Å². The fraction of sp³-hybridized carbons (Fsp3) is 0.769. The van der Waals surface area contributed by atoms with Crippen LogP contribution >= 0.6 is 0 Å². The summed E-state index contributed by atoms with van der Waals surface area (Å²) >= 11 is 0. The molecule has 102 valence electrons. The lowest BCUT2D eigenvalue weighted by Gasteiger charge is -2.31. The maximum atomic E-state index is 10.4. The van der Waals surface area contributed by atoms with Crippen LogP contribution in [0.5, 0.6) is 5.75 Å². The van der Waals surface area contributed by atoms with Crippen molar-refractivity contribution in [2.45, 2.75) is 31.9 Å². The van der Waals surface area contributed by atoms with Gasteiger partial charge in [-0.15, -0.1) is 0 Å². The maximum absolute atomic E-state index is 10.4. The van der Waals surface area contributed by atoms with Crippen LogP contribution in [0, 0.1) is 5.92 Å². The average Bonchev–Trinajstić information content (AvgIpc) is 2.66. The summed E-state index contributed by atoms with van der Waals surface area (Å²) in [7, 11) is 5.69. The van der Waals surface area contributed by atoms with Crippen molar-refractivity contribution in [3.63, 3.8) is 0 Å². The summed E-state index contributed by atoms with van der Waals surface area (Å²) in [6.45, 7) is 1.67. The Balaban J connectivity index is 2.15. The number of aliphatic hydroxyl groups excluding tert-OH is 1. The summed E-state index contributed by atoms with van der Waals surface area (Å²) in [6, 6.07) is 0. The van der Waals surface area contributed by atoms with Gasteiger partial charge in [0.2, 0.25) is 0 Å². The molecule has 5 heteroatoms. The van der Waals surface area contributed by atoms with Gasteiger partial charge in [0.1, 0.15) is 11.8 Å². The molecular formula is C13H23N3O2. The van der Waals surface area contributed by atoms with Crippen LogP contribution in [-0.2, 0) is 6.54 Å². The van der Waals surface area contributed by atoms with E-state index in [-0.39, 0.29) is 0 Å². The van der Waals surface area contributed by atoms with E-state index in [1.54, 1.807) is 13.3 Å². The van der Waals surface area contributed by atoms with Crippen molar-refractivity contribution in [2.75, 3.05) is 27.7 Å². The second-order valence-electron chi connectivity index (χ2n) is 5.26. The Kier molecular flexibility index (Phi) is 4.24. The van der Waals surface area contributed by atoms with Crippen molar-refractivity contribution >= 4 is 0 Å². The van der Waals surface area contributed by atoms with Gasteiger partial charge in [-0.05, 0) is 32.9 Å². The van der Waals surface area contributed by atoms with Crippen LogP contribution in [0.15, 0.2) is 6.20 Å². The third-order valence-electron chi connectivity index (χ3n) is 3.70. The number of aromatic nitrogens is 2. The van der Waals surface area contributed by atoms with E-state index in [0.29, 0.717) is 11.7 Å². The predicted octanol–water partition coefficient (Wildman–Crippen LogP) is 1.29. The molecule has 1 unspecified atom stereocenters. The quantitative estimate of drug-likeness (QED) is 0.830. The number of hydrogen-bond acceptors (Lipinski definition) is 4. The van der Waals surface area contributed by atoms with Crippen molar-refractivity contribution < 1.29 is 9.84 Å². The van der Waals surface area contributed by atoms with Crippen LogP contribution in [0.25, 0.3) is 0 Å². The zero-order chi connectivity index (χ0) is 13.1. The number of rotatable bonds is 6. The molecule has 0 aromatic carbocycles. The first-order valence-corrected chi connectivity index (χ1v) is 6.56. The highest BCUT2D eigenvalue weighted by Gasteiger charge is 2.31. The molecule has 0 radical (unpaired) electrons. The van der Waals surface area contributed by atoms with Crippen molar-refractivity contribution in [2.24, 2.45) is 5.92 Å². The Morgan fingerprint density at radius 2 is 2.28 bits per heavy atom. The molecule has 0 saturated heterocycles. The number of ether oxygens (including phenoxy) is 1. The third-order valence-corrected chi connectivity index (χ3v) is 3.70. The predicted molar refractivity (Wildman–Crippen MR) is 69.6 cm³/mol. The summed E-state index contributed by atoms with van der Waals surface area (Å²) in [5, 5.41) is 14.8. The molecule has 18 heavy (non-hydrogen) atoms. The van der Waals surface area contributed by atoms with Crippen molar-refractivity contribution in [1.29, 1.82) is 0 Å². The molecule has 0 amide bonds. The van der Waals surface area contributed by atoms with E-state index in [1.165, 1.54) is 6.42 Å². The fourth-order valence-corrected chi connectivity index (χ4v) is 2.29. The summed E-state index contributed by atoms with van der Waals surface area (Å²) in [6.07, 6.45) is 4.67. The summed E-state index contributed by atoms with van der Waals surface area (Å²) < 4.78 is 7.19. The summed E-state index contributed by atoms with van der Waals surface area (Å²) in [5.74, 6) is 1.07. The third kappa shape index (κ3) is 2.67. The Morgan fingerprint density at radius 1 is 1.56 bits per heavy atom. The minimum absolute atomic E-state index is 0.369. The second-order valence-corrected chi connectivity index (χ2v) is 5.26. The largest absolute Gasteiger partial charge is 0.493 e. The summed E-state index contributed by atoms with van der Waals surface area (Å²) in [5.41, 5.74) is 0.837. The van der Waals surface area contributed by atoms with Crippen molar-refractivity contribution in [3.05, 3.63) is 11.9 Å². The number of hydrogen-bond donors (Lipinski definition) is 1. The second kappa shape index (κ2) is 5.71. The molecule has 1 atom stereocenters. The van der Waals surface area contributed by atoms with Gasteiger partial charge in [-0.1, -0.05) is 6.42 Å². The lowest BCUT2D eigenvalue weighted by atomic mass is 9.80. The van der Waals surface area contributed by atoms with E-state index in [0.717, 1.165) is 31.6 Å². The minimum Gasteiger partial charge on any atom is -0.493 e. The molecule has 1 heterocycles. The zero-order valence-corrected chi connectivity index (χ0v) is 11.5. The average molecular weight is 253 g/mol. The van der Waals surface area contributed by atoms with Gasteiger partial charge in [0.15, 0.2) is 5.75 Å². The molecule has 0 bridgehead atoms. The molecule has 5 nitrogen and oxygen atoms in total. The van der Waals surface area contributed by atoms with Crippen LogP contribution in [-0.4, -0.2) is 47.5 Å². The Hall–Kier alpha value is -1.07. The van der Waals surface area contributed by atoms with Gasteiger partial charge in [-0.2, -0.15) is 5.10 Å². The van der Waals surface area contributed by atoms with E-state index in [2.05, 4.69) is 10.00 Å². The molecule has 1 aliphatic carbocycles. The summed E-state index contributed by atoms with van der Waals surface area (Å²) in [4.78, 5) is 2.10. The van der Waals surface area contributed by atoms with Crippen LogP contribution in [0.4, 0.5) is 0 Å². The number of aliphatic hydroxyl groups is 1. The lowest BCUT2D eigenvalue weighted by molar-refractivity contribution is 0.0523. The zero-order valence-electron chi connectivity index (χ0n) is 11.5. The molecule has 2 rings (SSSR count). The van der Waals surface area contributed by atoms with E-state index in [9.17, 15) is 5.11 Å². The van der Waals surface area contributed by atoms with Crippen LogP contribution < -0.4 is 4.74 Å². The van der Waals surface area contributed by atoms with Gasteiger partial charge in [-0.25, -0.2) is 0 Å². The topological polar surface area (TPSA) is 50.5 Å². The number of nitrogens with zero attached hydrogens (tertiary/aromatic N) is 3. The Morgan fingerprint density at radius 3 is 2.78 bits per heavy atom. The molecular weight excluding hydrogens is 230 g/mol. The normalized spacial score (nSPS) is 17.8. The first-order chi connectivity index (χ1) is 8.63. The van der Waals surface area contributed by atoms with E-state index in [4.69, 9.17) is 4.74 Å². The monoisotopic (exact) mass is 253 g/mol. The first kappa shape index (κ1) is 13.4. The van der Waals surface area contributed by atoms with Gasteiger partial charge >= 0.3 is 0 Å². The fourth-order valence-electron chi connectivity index (χ4n) is 2.29. The van der Waals surface area contributed by atoms with E-state index >= 15 is 0 Å². The van der Waals surface area contributed by atoms with Crippen LogP contribution in [0.3, 0.4) is 0 Å². The lowest BCUT2D eigenvalue weighted by Crippen LogP contribution is -2.25. The molecule has 1 aliphatic rings. The van der Waals surface area contributed by atoms with Gasteiger partial charge in [-0.3, -0.25) is 4.68 Å². The van der Waals surface area contributed by atoms with Gasteiger partial charge in [0, 0.05) is 6.54 Å². The molecule has 1 aromatic rings. The number of methoxy groups -OCH3 is 1. The highest BCUT2D eigenvalue weighted by atomic mass is 16.5. The van der Waals surface area contributed by atoms with Crippen LogP contribution in [0.2, 0.25) is 0 Å². The molecule has 1 aromatic heterocycles. The Bertz CT molecular complexity index is 386. The molecule has 1 fully saturated rings. The van der Waals surface area contributed by atoms with Crippen molar-refractivity contribution in [1.82, 2.24) is 14.7 Å². The highest BCUT2D eigenvalue weighted by molar-refractivity contribution is 5.28. The smallest absolute Gasteiger partial charge is 0.162 e. The molecule has 1 saturated carbocycles. The molecule has 0 aliphatic heterocycles. The highest BCUT2D eigenvalue weighted by Crippen LogP contribution is 2.40. The van der Waals surface area contributed by atoms with Crippen LogP contribution in [0.1, 0.15) is 31.1 Å². The standard InChI is InChI=1S/C13H23N3O2/c1-15(2)7-8-16-12(11(18-3)9-14-16)13(17)10-5-4-6-10/h9-10,13,17H,4-8H2,1-3H3. The molecule has 0 spiro atoms. The molecule has 1 N–H and O–H groups in total. The number of likely N-dealkylation sites (N-methyl/N-ethyl adjacent to an activating group) is 1. The SMILES string of the molecule is COc1cnn(CCN(C)C)c1C(O)C1CCC1. The van der Waals surface area contributed by atoms with Crippen molar-refractivity contribution in [3.8, 4) is 5.75 Å².